The summed E-state index contributed by atoms with van der Waals surface area (Å²) < 4.78 is 0. The maximum atomic E-state index is 12.6. The molecule has 2 heteroatoms. The van der Waals surface area contributed by atoms with Gasteiger partial charge < -0.3 is 0 Å². The molecule has 3 aliphatic rings. The van der Waals surface area contributed by atoms with Gasteiger partial charge in [0.25, 0.3) is 0 Å². The Kier molecular flexibility index (Phi) is 4.18. The fraction of sp³-hybridized carbons (Fsp3) is 0.520. The summed E-state index contributed by atoms with van der Waals surface area (Å²) in [6, 6.07) is 10.1. The maximum absolute atomic E-state index is 12.6. The van der Waals surface area contributed by atoms with Crippen molar-refractivity contribution in [3.05, 3.63) is 47.5 Å². The highest BCUT2D eigenvalue weighted by Gasteiger charge is 2.59. The minimum Gasteiger partial charge on any atom is -0.299 e. The molecule has 0 saturated heterocycles. The Bertz CT molecular complexity index is 880. The third kappa shape index (κ3) is 2.80. The van der Waals surface area contributed by atoms with E-state index in [4.69, 9.17) is 0 Å². The summed E-state index contributed by atoms with van der Waals surface area (Å²) in [6.07, 6.45) is 6.69. The highest BCUT2D eigenvalue weighted by atomic mass is 16.1. The maximum Gasteiger partial charge on any atom is 0.155 e. The van der Waals surface area contributed by atoms with Crippen molar-refractivity contribution in [2.45, 2.75) is 59.3 Å². The third-order valence-electron chi connectivity index (χ3n) is 7.54. The average Bonchev–Trinajstić information content (AvgIpc) is 2.65. The van der Waals surface area contributed by atoms with E-state index in [1.807, 2.05) is 36.4 Å². The molecule has 2 fully saturated rings. The summed E-state index contributed by atoms with van der Waals surface area (Å²) in [6.45, 7) is 6.49. The molecule has 27 heavy (non-hydrogen) atoms. The molecule has 0 radical (unpaired) electrons. The lowest BCUT2D eigenvalue weighted by Crippen LogP contribution is -2.54. The van der Waals surface area contributed by atoms with Crippen LogP contribution in [0.25, 0.3) is 0 Å². The molecular formula is C25H28O2. The molecule has 1 aromatic carbocycles. The molecule has 0 aromatic heterocycles. The van der Waals surface area contributed by atoms with Crippen LogP contribution in [-0.2, 0) is 9.59 Å². The van der Waals surface area contributed by atoms with Crippen molar-refractivity contribution in [3.63, 3.8) is 0 Å². The van der Waals surface area contributed by atoms with Gasteiger partial charge in [-0.2, -0.15) is 0 Å². The van der Waals surface area contributed by atoms with Gasteiger partial charge >= 0.3 is 0 Å². The molecule has 2 saturated carbocycles. The van der Waals surface area contributed by atoms with Gasteiger partial charge in [-0.25, -0.2) is 0 Å². The van der Waals surface area contributed by atoms with Gasteiger partial charge in [0.05, 0.1) is 5.41 Å². The Morgan fingerprint density at radius 3 is 2.44 bits per heavy atom. The van der Waals surface area contributed by atoms with Crippen molar-refractivity contribution < 1.29 is 9.59 Å². The Morgan fingerprint density at radius 2 is 1.70 bits per heavy atom. The quantitative estimate of drug-likeness (QED) is 0.602. The zero-order valence-corrected chi connectivity index (χ0v) is 16.6. The third-order valence-corrected chi connectivity index (χ3v) is 7.54. The van der Waals surface area contributed by atoms with Crippen LogP contribution in [0, 0.1) is 34.0 Å². The predicted octanol–water partition coefficient (Wildman–Crippen LogP) is 5.12. The van der Waals surface area contributed by atoms with Crippen molar-refractivity contribution in [1.29, 1.82) is 0 Å². The second-order valence-corrected chi connectivity index (χ2v) is 9.38. The summed E-state index contributed by atoms with van der Waals surface area (Å²) in [5.41, 5.74) is 1.58. The van der Waals surface area contributed by atoms with Gasteiger partial charge in [-0.05, 0) is 60.8 Å². The van der Waals surface area contributed by atoms with Gasteiger partial charge in [0.1, 0.15) is 5.78 Å². The van der Waals surface area contributed by atoms with E-state index >= 15 is 0 Å². The lowest BCUT2D eigenvalue weighted by atomic mass is 9.44. The number of carbonyl (C=O) groups is 2. The minimum absolute atomic E-state index is 0.114. The van der Waals surface area contributed by atoms with Crippen LogP contribution in [0.5, 0.6) is 0 Å². The van der Waals surface area contributed by atoms with Crippen LogP contribution in [0.3, 0.4) is 0 Å². The van der Waals surface area contributed by atoms with E-state index in [0.717, 1.165) is 31.2 Å². The van der Waals surface area contributed by atoms with Crippen molar-refractivity contribution in [2.75, 3.05) is 0 Å². The van der Waals surface area contributed by atoms with Crippen LogP contribution in [0.15, 0.2) is 42.0 Å². The molecule has 4 rings (SSSR count). The minimum atomic E-state index is -0.326. The second kappa shape index (κ2) is 6.20. The lowest BCUT2D eigenvalue weighted by Gasteiger charge is -2.59. The zero-order chi connectivity index (χ0) is 19.3. The topological polar surface area (TPSA) is 34.1 Å². The molecule has 0 N–H and O–H groups in total. The van der Waals surface area contributed by atoms with Gasteiger partial charge in [0, 0.05) is 23.8 Å². The van der Waals surface area contributed by atoms with Crippen molar-refractivity contribution in [1.82, 2.24) is 0 Å². The Balaban J connectivity index is 1.81. The number of ketones is 2. The first-order chi connectivity index (χ1) is 12.8. The van der Waals surface area contributed by atoms with Crippen molar-refractivity contribution in [2.24, 2.45) is 22.2 Å². The largest absolute Gasteiger partial charge is 0.299 e. The van der Waals surface area contributed by atoms with Crippen molar-refractivity contribution >= 4 is 11.6 Å². The van der Waals surface area contributed by atoms with E-state index in [2.05, 4.69) is 32.6 Å². The van der Waals surface area contributed by atoms with E-state index in [0.29, 0.717) is 18.6 Å². The van der Waals surface area contributed by atoms with Crippen LogP contribution in [0.1, 0.15) is 64.9 Å². The lowest BCUT2D eigenvalue weighted by molar-refractivity contribution is -0.141. The molecule has 140 valence electrons. The van der Waals surface area contributed by atoms with Gasteiger partial charge in [-0.1, -0.05) is 50.8 Å². The van der Waals surface area contributed by atoms with Crippen LogP contribution < -0.4 is 0 Å². The number of rotatable bonds is 0. The summed E-state index contributed by atoms with van der Waals surface area (Å²) in [5, 5.41) is 0. The number of Topliss-reactive ketones (excluding diaryl/α,β-unsaturated/α-hetero) is 1. The van der Waals surface area contributed by atoms with Crippen LogP contribution in [-0.4, -0.2) is 11.6 Å². The van der Waals surface area contributed by atoms with Gasteiger partial charge in [-0.3, -0.25) is 9.59 Å². The highest BCUT2D eigenvalue weighted by Crippen LogP contribution is 2.64. The summed E-state index contributed by atoms with van der Waals surface area (Å²) in [4.78, 5) is 25.0. The van der Waals surface area contributed by atoms with Gasteiger partial charge in [0.2, 0.25) is 0 Å². The van der Waals surface area contributed by atoms with Crippen LogP contribution in [0.2, 0.25) is 0 Å². The molecule has 0 amide bonds. The van der Waals surface area contributed by atoms with Crippen molar-refractivity contribution in [3.8, 4) is 11.8 Å². The molecule has 0 heterocycles. The Labute approximate surface area is 162 Å². The number of hydrogen-bond acceptors (Lipinski definition) is 2. The van der Waals surface area contributed by atoms with E-state index in [9.17, 15) is 9.59 Å². The number of benzene rings is 1. The molecule has 3 aliphatic carbocycles. The van der Waals surface area contributed by atoms with Crippen LogP contribution >= 0.6 is 0 Å². The highest BCUT2D eigenvalue weighted by molar-refractivity contribution is 5.93. The molecule has 2 nitrogen and oxygen atoms in total. The van der Waals surface area contributed by atoms with E-state index in [1.165, 1.54) is 5.57 Å². The molecule has 3 atom stereocenters. The smallest absolute Gasteiger partial charge is 0.155 e. The first kappa shape index (κ1) is 18.2. The summed E-state index contributed by atoms with van der Waals surface area (Å²) in [7, 11) is 0. The monoisotopic (exact) mass is 360 g/mol. The number of fused-ring (bicyclic) bond motifs is 3. The second-order valence-electron chi connectivity index (χ2n) is 9.38. The fourth-order valence-corrected chi connectivity index (χ4v) is 5.97. The molecule has 0 bridgehead atoms. The standard InChI is InChI=1S/C25H28O2/c1-23(2)20-11-16-25(14-9-18-7-5-4-6-8-18)15-10-19(26)17-21(25)24(20,3)13-12-22(23)27/h4-8,17,20H,10-13,15-16H2,1-3H3/t20?,24-,25+/m0/s1. The number of carbonyl (C=O) groups excluding carboxylic acids is 2. The zero-order valence-electron chi connectivity index (χ0n) is 16.6. The van der Waals surface area contributed by atoms with E-state index in [-0.39, 0.29) is 27.9 Å². The number of allylic oxidation sites excluding steroid dienone is 2. The van der Waals surface area contributed by atoms with E-state index < -0.39 is 0 Å². The Hall–Kier alpha value is -2.14. The molecule has 1 unspecified atom stereocenters. The molecule has 1 aromatic rings. The number of hydrogen-bond donors (Lipinski definition) is 0. The SMILES string of the molecule is CC1(C)C(=O)CC[C@]2(C)C3=CC(=O)CC[C@]3(C#Cc3ccccc3)CCC12. The first-order valence-electron chi connectivity index (χ1n) is 10.1. The molecule has 0 aliphatic heterocycles. The fourth-order valence-electron chi connectivity index (χ4n) is 5.97. The average molecular weight is 360 g/mol. The van der Waals surface area contributed by atoms with E-state index in [1.54, 1.807) is 0 Å². The normalized spacial score (nSPS) is 34.6. The molecular weight excluding hydrogens is 332 g/mol. The van der Waals surface area contributed by atoms with Crippen LogP contribution in [0.4, 0.5) is 0 Å². The predicted molar refractivity (Wildman–Crippen MR) is 107 cm³/mol. The van der Waals surface area contributed by atoms with Gasteiger partial charge in [0.15, 0.2) is 5.78 Å². The summed E-state index contributed by atoms with van der Waals surface area (Å²) in [5.74, 6) is 7.89. The van der Waals surface area contributed by atoms with Gasteiger partial charge in [-0.15, -0.1) is 0 Å². The Morgan fingerprint density at radius 1 is 0.963 bits per heavy atom. The summed E-state index contributed by atoms with van der Waals surface area (Å²) >= 11 is 0. The first-order valence-corrected chi connectivity index (χ1v) is 10.1. The molecule has 0 spiro atoms.